The molecule has 1 N–H and O–H groups in total. The van der Waals surface area contributed by atoms with E-state index in [1.165, 1.54) is 6.42 Å². The fraction of sp³-hybridized carbons (Fsp3) is 0.889. The first-order valence-corrected chi connectivity index (χ1v) is 4.55. The zero-order chi connectivity index (χ0) is 8.27. The van der Waals surface area contributed by atoms with Crippen LogP contribution >= 0.6 is 0 Å². The quantitative estimate of drug-likeness (QED) is 0.644. The van der Waals surface area contributed by atoms with Crippen molar-refractivity contribution in [1.82, 2.24) is 5.32 Å². The number of rotatable bonds is 2. The summed E-state index contributed by atoms with van der Waals surface area (Å²) in [4.78, 5) is 11.2. The smallest absolute Gasteiger partial charge is 0.223 e. The summed E-state index contributed by atoms with van der Waals surface area (Å²) < 4.78 is 0. The highest BCUT2D eigenvalue weighted by Crippen LogP contribution is 2.21. The average molecular weight is 155 g/mol. The normalized spacial score (nSPS) is 31.6. The largest absolute Gasteiger partial charge is 0.356 e. The van der Waals surface area contributed by atoms with Gasteiger partial charge in [0.15, 0.2) is 0 Å². The minimum atomic E-state index is 0.261. The van der Waals surface area contributed by atoms with Crippen molar-refractivity contribution in [2.45, 2.75) is 33.1 Å². The third kappa shape index (κ3) is 1.95. The Kier molecular flexibility index (Phi) is 2.92. The molecule has 2 heteroatoms. The molecule has 1 aliphatic rings. The fourth-order valence-electron chi connectivity index (χ4n) is 1.65. The Morgan fingerprint density at radius 3 is 2.73 bits per heavy atom. The van der Waals surface area contributed by atoms with Crippen molar-refractivity contribution < 1.29 is 4.79 Å². The fourth-order valence-corrected chi connectivity index (χ4v) is 1.65. The van der Waals surface area contributed by atoms with Crippen LogP contribution in [0.25, 0.3) is 0 Å². The molecular formula is C9H17NO. The molecule has 1 rings (SSSR count). The van der Waals surface area contributed by atoms with Gasteiger partial charge in [0.2, 0.25) is 5.91 Å². The van der Waals surface area contributed by atoms with Crippen molar-refractivity contribution in [3.63, 3.8) is 0 Å². The first kappa shape index (κ1) is 8.57. The predicted molar refractivity (Wildman–Crippen MR) is 45.2 cm³/mol. The number of hydrogen-bond donors (Lipinski definition) is 1. The Labute approximate surface area is 68.4 Å². The third-order valence-electron chi connectivity index (χ3n) is 2.62. The lowest BCUT2D eigenvalue weighted by atomic mass is 9.87. The van der Waals surface area contributed by atoms with E-state index in [0.29, 0.717) is 0 Å². The lowest BCUT2D eigenvalue weighted by molar-refractivity contribution is -0.127. The van der Waals surface area contributed by atoms with Crippen molar-refractivity contribution in [3.8, 4) is 0 Å². The number of carbonyl (C=O) groups is 1. The van der Waals surface area contributed by atoms with Gasteiger partial charge in [-0.25, -0.2) is 0 Å². The minimum absolute atomic E-state index is 0.261. The van der Waals surface area contributed by atoms with Crippen LogP contribution in [0, 0.1) is 11.8 Å². The number of hydrogen-bond acceptors (Lipinski definition) is 1. The van der Waals surface area contributed by atoms with E-state index in [-0.39, 0.29) is 11.8 Å². The summed E-state index contributed by atoms with van der Waals surface area (Å²) in [7, 11) is 0. The molecule has 2 nitrogen and oxygen atoms in total. The monoisotopic (exact) mass is 155 g/mol. The van der Waals surface area contributed by atoms with Crippen molar-refractivity contribution in [2.75, 3.05) is 6.54 Å². The molecule has 1 amide bonds. The second kappa shape index (κ2) is 3.74. The highest BCUT2D eigenvalue weighted by Gasteiger charge is 2.25. The van der Waals surface area contributed by atoms with Gasteiger partial charge in [0.05, 0.1) is 0 Å². The van der Waals surface area contributed by atoms with E-state index in [4.69, 9.17) is 0 Å². The second-order valence-corrected chi connectivity index (χ2v) is 3.36. The molecule has 0 aliphatic carbocycles. The molecular weight excluding hydrogens is 138 g/mol. The van der Waals surface area contributed by atoms with Crippen molar-refractivity contribution >= 4 is 5.91 Å². The summed E-state index contributed by atoms with van der Waals surface area (Å²) in [6.45, 7) is 5.17. The van der Waals surface area contributed by atoms with Crippen LogP contribution in [-0.2, 0) is 4.79 Å². The van der Waals surface area contributed by atoms with Crippen LogP contribution in [0.1, 0.15) is 33.1 Å². The van der Waals surface area contributed by atoms with Gasteiger partial charge in [-0.05, 0) is 18.8 Å². The molecule has 2 unspecified atom stereocenters. The van der Waals surface area contributed by atoms with Gasteiger partial charge < -0.3 is 5.32 Å². The van der Waals surface area contributed by atoms with Crippen molar-refractivity contribution in [2.24, 2.45) is 11.8 Å². The highest BCUT2D eigenvalue weighted by molar-refractivity contribution is 5.79. The van der Waals surface area contributed by atoms with Crippen LogP contribution in [0.2, 0.25) is 0 Å². The minimum Gasteiger partial charge on any atom is -0.356 e. The van der Waals surface area contributed by atoms with Crippen LogP contribution in [0.15, 0.2) is 0 Å². The van der Waals surface area contributed by atoms with E-state index >= 15 is 0 Å². The summed E-state index contributed by atoms with van der Waals surface area (Å²) in [6, 6.07) is 0. The number of nitrogens with one attached hydrogen (secondary N) is 1. The molecule has 0 aromatic heterocycles. The van der Waals surface area contributed by atoms with Crippen LogP contribution in [0.4, 0.5) is 0 Å². The molecule has 0 spiro atoms. The summed E-state index contributed by atoms with van der Waals surface area (Å²) in [5.74, 6) is 1.27. The maximum Gasteiger partial charge on any atom is 0.223 e. The summed E-state index contributed by atoms with van der Waals surface area (Å²) in [6.07, 6.45) is 3.28. The molecule has 1 saturated heterocycles. The molecule has 0 aromatic carbocycles. The SMILES string of the molecule is CCC1CNC(=O)C(CC)C1. The topological polar surface area (TPSA) is 29.1 Å². The first-order valence-electron chi connectivity index (χ1n) is 4.55. The summed E-state index contributed by atoms with van der Waals surface area (Å²) >= 11 is 0. The Bertz CT molecular complexity index is 144. The van der Waals surface area contributed by atoms with Gasteiger partial charge in [0.25, 0.3) is 0 Å². The van der Waals surface area contributed by atoms with Crippen LogP contribution in [0.3, 0.4) is 0 Å². The van der Waals surface area contributed by atoms with E-state index in [1.54, 1.807) is 0 Å². The Balaban J connectivity index is 2.44. The molecule has 11 heavy (non-hydrogen) atoms. The molecule has 64 valence electrons. The van der Waals surface area contributed by atoms with Crippen molar-refractivity contribution in [1.29, 1.82) is 0 Å². The van der Waals surface area contributed by atoms with E-state index in [9.17, 15) is 4.79 Å². The van der Waals surface area contributed by atoms with E-state index in [0.717, 1.165) is 25.3 Å². The third-order valence-corrected chi connectivity index (χ3v) is 2.62. The van der Waals surface area contributed by atoms with Gasteiger partial charge in [0.1, 0.15) is 0 Å². The number of carbonyl (C=O) groups excluding carboxylic acids is 1. The van der Waals surface area contributed by atoms with E-state index in [2.05, 4.69) is 19.2 Å². The molecule has 0 saturated carbocycles. The van der Waals surface area contributed by atoms with Gasteiger partial charge in [-0.2, -0.15) is 0 Å². The Morgan fingerprint density at radius 2 is 2.18 bits per heavy atom. The van der Waals surface area contributed by atoms with Crippen LogP contribution in [0.5, 0.6) is 0 Å². The van der Waals surface area contributed by atoms with E-state index in [1.807, 2.05) is 0 Å². The molecule has 0 radical (unpaired) electrons. The van der Waals surface area contributed by atoms with Crippen molar-refractivity contribution in [3.05, 3.63) is 0 Å². The zero-order valence-electron chi connectivity index (χ0n) is 7.39. The maximum atomic E-state index is 11.2. The maximum absolute atomic E-state index is 11.2. The van der Waals surface area contributed by atoms with Gasteiger partial charge in [-0.1, -0.05) is 20.3 Å². The molecule has 1 aliphatic heterocycles. The van der Waals surface area contributed by atoms with Crippen LogP contribution < -0.4 is 5.32 Å². The lowest BCUT2D eigenvalue weighted by Crippen LogP contribution is -2.41. The molecule has 2 atom stereocenters. The first-order chi connectivity index (χ1) is 5.27. The van der Waals surface area contributed by atoms with Gasteiger partial charge in [-0.15, -0.1) is 0 Å². The van der Waals surface area contributed by atoms with Gasteiger partial charge in [0, 0.05) is 12.5 Å². The number of amides is 1. The summed E-state index contributed by atoms with van der Waals surface area (Å²) in [5, 5.41) is 2.95. The van der Waals surface area contributed by atoms with Gasteiger partial charge >= 0.3 is 0 Å². The Morgan fingerprint density at radius 1 is 1.45 bits per heavy atom. The standard InChI is InChI=1S/C9H17NO/c1-3-7-5-8(4-2)9(11)10-6-7/h7-8H,3-6H2,1-2H3,(H,10,11). The number of piperidine rings is 1. The molecule has 0 aromatic rings. The molecule has 0 bridgehead atoms. The lowest BCUT2D eigenvalue weighted by Gasteiger charge is -2.27. The molecule has 1 fully saturated rings. The summed E-state index contributed by atoms with van der Waals surface area (Å²) in [5.41, 5.74) is 0. The zero-order valence-corrected chi connectivity index (χ0v) is 7.39. The average Bonchev–Trinajstić information content (AvgIpc) is 2.05. The predicted octanol–water partition coefficient (Wildman–Crippen LogP) is 1.56. The second-order valence-electron chi connectivity index (χ2n) is 3.36. The Hall–Kier alpha value is -0.530. The van der Waals surface area contributed by atoms with Gasteiger partial charge in [-0.3, -0.25) is 4.79 Å². The molecule has 1 heterocycles. The van der Waals surface area contributed by atoms with E-state index < -0.39 is 0 Å². The van der Waals surface area contributed by atoms with Crippen LogP contribution in [-0.4, -0.2) is 12.5 Å². The highest BCUT2D eigenvalue weighted by atomic mass is 16.1.